The van der Waals surface area contributed by atoms with Crippen LogP contribution in [0.4, 0.5) is 9.18 Å². The molecule has 0 aliphatic carbocycles. The fourth-order valence-corrected chi connectivity index (χ4v) is 1.61. The van der Waals surface area contributed by atoms with Crippen LogP contribution < -0.4 is 5.32 Å². The van der Waals surface area contributed by atoms with Crippen molar-refractivity contribution in [3.05, 3.63) is 0 Å². The molecule has 1 heterocycles. The largest absolute Gasteiger partial charge is 0.397 e. The van der Waals surface area contributed by atoms with Crippen LogP contribution in [-0.2, 0) is 4.74 Å². The number of carbonyl (C=O) groups is 1. The molecule has 76 valence electrons. The SMILES string of the molecule is CC(C)(C)C(NC(=O)F)C1COC1. The Hall–Kier alpha value is -0.640. The minimum atomic E-state index is -1.45. The lowest BCUT2D eigenvalue weighted by atomic mass is 9.78. The van der Waals surface area contributed by atoms with Gasteiger partial charge in [-0.05, 0) is 5.41 Å². The van der Waals surface area contributed by atoms with Gasteiger partial charge in [-0.1, -0.05) is 20.8 Å². The lowest BCUT2D eigenvalue weighted by molar-refractivity contribution is -0.0659. The second kappa shape index (κ2) is 3.62. The molecule has 0 aromatic rings. The predicted molar refractivity (Wildman–Crippen MR) is 47.2 cm³/mol. The smallest absolute Gasteiger partial charge is 0.381 e. The summed E-state index contributed by atoms with van der Waals surface area (Å²) in [5, 5.41) is 2.34. The molecule has 1 N–H and O–H groups in total. The molecule has 1 unspecified atom stereocenters. The maximum absolute atomic E-state index is 12.2. The van der Waals surface area contributed by atoms with E-state index in [-0.39, 0.29) is 17.4 Å². The molecule has 0 bridgehead atoms. The van der Waals surface area contributed by atoms with Crippen LogP contribution in [0.1, 0.15) is 20.8 Å². The lowest BCUT2D eigenvalue weighted by Gasteiger charge is -2.41. The van der Waals surface area contributed by atoms with Gasteiger partial charge in [-0.3, -0.25) is 0 Å². The van der Waals surface area contributed by atoms with Crippen molar-refractivity contribution in [3.63, 3.8) is 0 Å². The Bertz CT molecular complexity index is 196. The molecule has 1 aliphatic heterocycles. The third kappa shape index (κ3) is 2.66. The standard InChI is InChI=1S/C9H16FNO2/c1-9(2,3)7(11-8(10)12)6-4-13-5-6/h6-7H,4-5H2,1-3H3,(H,11,12). The van der Waals surface area contributed by atoms with E-state index in [4.69, 9.17) is 4.74 Å². The average molecular weight is 189 g/mol. The maximum Gasteiger partial charge on any atom is 0.397 e. The van der Waals surface area contributed by atoms with Crippen molar-refractivity contribution in [1.29, 1.82) is 0 Å². The molecular formula is C9H16FNO2. The summed E-state index contributed by atoms with van der Waals surface area (Å²) in [4.78, 5) is 10.3. The van der Waals surface area contributed by atoms with E-state index < -0.39 is 6.16 Å². The van der Waals surface area contributed by atoms with E-state index in [0.717, 1.165) is 0 Å². The summed E-state index contributed by atoms with van der Waals surface area (Å²) in [6.07, 6.45) is -1.45. The molecule has 3 nitrogen and oxygen atoms in total. The summed E-state index contributed by atoms with van der Waals surface area (Å²) in [5.41, 5.74) is -0.129. The summed E-state index contributed by atoms with van der Waals surface area (Å²) in [6.45, 7) is 7.16. The lowest BCUT2D eigenvalue weighted by Crippen LogP contribution is -2.53. The van der Waals surface area contributed by atoms with Crippen molar-refractivity contribution >= 4 is 6.16 Å². The minimum absolute atomic E-state index is 0.129. The van der Waals surface area contributed by atoms with Gasteiger partial charge in [0.15, 0.2) is 0 Å². The third-order valence-electron chi connectivity index (χ3n) is 2.34. The van der Waals surface area contributed by atoms with Gasteiger partial charge in [0.25, 0.3) is 0 Å². The van der Waals surface area contributed by atoms with Crippen LogP contribution in [0.25, 0.3) is 0 Å². The molecule has 1 saturated heterocycles. The van der Waals surface area contributed by atoms with Crippen molar-refractivity contribution in [2.24, 2.45) is 11.3 Å². The van der Waals surface area contributed by atoms with Crippen molar-refractivity contribution in [2.75, 3.05) is 13.2 Å². The summed E-state index contributed by atoms with van der Waals surface area (Å²) in [7, 11) is 0. The minimum Gasteiger partial charge on any atom is -0.381 e. The zero-order chi connectivity index (χ0) is 10.1. The fourth-order valence-electron chi connectivity index (χ4n) is 1.61. The zero-order valence-electron chi connectivity index (χ0n) is 8.26. The van der Waals surface area contributed by atoms with Gasteiger partial charge in [0.05, 0.1) is 13.2 Å². The Balaban J connectivity index is 2.58. The molecule has 0 aromatic carbocycles. The summed E-state index contributed by atoms with van der Waals surface area (Å²) >= 11 is 0. The second-order valence-electron chi connectivity index (χ2n) is 4.56. The monoisotopic (exact) mass is 189 g/mol. The number of amides is 1. The average Bonchev–Trinajstić information content (AvgIpc) is 1.78. The van der Waals surface area contributed by atoms with Gasteiger partial charge in [0, 0.05) is 12.0 Å². The van der Waals surface area contributed by atoms with Crippen molar-refractivity contribution in [1.82, 2.24) is 5.32 Å². The van der Waals surface area contributed by atoms with Gasteiger partial charge < -0.3 is 10.1 Å². The quantitative estimate of drug-likeness (QED) is 0.530. The van der Waals surface area contributed by atoms with E-state index in [9.17, 15) is 9.18 Å². The number of hydrogen-bond acceptors (Lipinski definition) is 2. The fraction of sp³-hybridized carbons (Fsp3) is 0.889. The highest BCUT2D eigenvalue weighted by Crippen LogP contribution is 2.29. The van der Waals surface area contributed by atoms with Gasteiger partial charge >= 0.3 is 6.16 Å². The Morgan fingerprint density at radius 2 is 2.08 bits per heavy atom. The van der Waals surface area contributed by atoms with Gasteiger partial charge in [-0.15, -0.1) is 4.39 Å². The first kappa shape index (κ1) is 10.4. The Morgan fingerprint density at radius 3 is 2.31 bits per heavy atom. The molecule has 0 saturated carbocycles. The molecular weight excluding hydrogens is 173 g/mol. The summed E-state index contributed by atoms with van der Waals surface area (Å²) in [5.74, 6) is 0.250. The first-order valence-electron chi connectivity index (χ1n) is 4.45. The molecule has 0 radical (unpaired) electrons. The second-order valence-corrected chi connectivity index (χ2v) is 4.56. The molecule has 4 heteroatoms. The van der Waals surface area contributed by atoms with Crippen LogP contribution in [0.15, 0.2) is 0 Å². The van der Waals surface area contributed by atoms with Gasteiger partial charge in [0.2, 0.25) is 0 Å². The van der Waals surface area contributed by atoms with E-state index >= 15 is 0 Å². The number of halogens is 1. The molecule has 1 rings (SSSR count). The van der Waals surface area contributed by atoms with E-state index in [0.29, 0.717) is 13.2 Å². The molecule has 1 amide bonds. The summed E-state index contributed by atoms with van der Waals surface area (Å²) in [6, 6.07) is -0.140. The van der Waals surface area contributed by atoms with Crippen LogP contribution in [0, 0.1) is 11.3 Å². The normalized spacial score (nSPS) is 20.6. The zero-order valence-corrected chi connectivity index (χ0v) is 8.26. The first-order chi connectivity index (χ1) is 5.91. The molecule has 1 atom stereocenters. The van der Waals surface area contributed by atoms with E-state index in [2.05, 4.69) is 5.32 Å². The number of nitrogens with one attached hydrogen (secondary N) is 1. The number of carbonyl (C=O) groups excluding carboxylic acids is 1. The highest BCUT2D eigenvalue weighted by Gasteiger charge is 2.37. The van der Waals surface area contributed by atoms with Crippen molar-refractivity contribution < 1.29 is 13.9 Å². The molecule has 1 fully saturated rings. The maximum atomic E-state index is 12.2. The van der Waals surface area contributed by atoms with Crippen LogP contribution >= 0.6 is 0 Å². The first-order valence-corrected chi connectivity index (χ1v) is 4.45. The molecule has 1 aliphatic rings. The van der Waals surface area contributed by atoms with Gasteiger partial charge in [-0.2, -0.15) is 0 Å². The van der Waals surface area contributed by atoms with Crippen LogP contribution in [0.3, 0.4) is 0 Å². The van der Waals surface area contributed by atoms with Crippen molar-refractivity contribution in [2.45, 2.75) is 26.8 Å². The van der Waals surface area contributed by atoms with E-state index in [1.54, 1.807) is 0 Å². The van der Waals surface area contributed by atoms with E-state index in [1.807, 2.05) is 20.8 Å². The summed E-state index contributed by atoms with van der Waals surface area (Å²) < 4.78 is 17.2. The molecule has 0 aromatic heterocycles. The van der Waals surface area contributed by atoms with E-state index in [1.165, 1.54) is 0 Å². The van der Waals surface area contributed by atoms with Gasteiger partial charge in [-0.25, -0.2) is 4.79 Å². The van der Waals surface area contributed by atoms with Crippen LogP contribution in [0.5, 0.6) is 0 Å². The Kier molecular flexibility index (Phi) is 2.91. The highest BCUT2D eigenvalue weighted by atomic mass is 19.1. The Morgan fingerprint density at radius 1 is 1.54 bits per heavy atom. The Labute approximate surface area is 77.6 Å². The third-order valence-corrected chi connectivity index (χ3v) is 2.34. The number of ether oxygens (including phenoxy) is 1. The van der Waals surface area contributed by atoms with Gasteiger partial charge in [0.1, 0.15) is 0 Å². The highest BCUT2D eigenvalue weighted by molar-refractivity contribution is 5.66. The molecule has 13 heavy (non-hydrogen) atoms. The topological polar surface area (TPSA) is 38.3 Å². The molecule has 0 spiro atoms. The predicted octanol–water partition coefficient (Wildman–Crippen LogP) is 1.73. The van der Waals surface area contributed by atoms with Crippen LogP contribution in [-0.4, -0.2) is 25.4 Å². The number of rotatable bonds is 2. The number of hydrogen-bond donors (Lipinski definition) is 1. The van der Waals surface area contributed by atoms with Crippen LogP contribution in [0.2, 0.25) is 0 Å². The van der Waals surface area contributed by atoms with Crippen molar-refractivity contribution in [3.8, 4) is 0 Å².